The molecule has 144 valence electrons. The molecule has 0 unspecified atom stereocenters. The topological polar surface area (TPSA) is 87.9 Å². The van der Waals surface area contributed by atoms with Crippen molar-refractivity contribution in [2.75, 3.05) is 44.6 Å². The van der Waals surface area contributed by atoms with Gasteiger partial charge in [-0.25, -0.2) is 0 Å². The molecule has 0 atom stereocenters. The summed E-state index contributed by atoms with van der Waals surface area (Å²) in [5.74, 6) is 1.48. The van der Waals surface area contributed by atoms with Gasteiger partial charge in [0.2, 0.25) is 5.91 Å². The van der Waals surface area contributed by atoms with Crippen LogP contribution in [0.4, 0.5) is 5.82 Å². The largest absolute Gasteiger partial charge is 0.493 e. The van der Waals surface area contributed by atoms with E-state index in [0.717, 1.165) is 0 Å². The smallest absolute Gasteiger partial charge is 0.257 e. The van der Waals surface area contributed by atoms with Crippen LogP contribution in [0, 0.1) is 6.92 Å². The summed E-state index contributed by atoms with van der Waals surface area (Å²) in [6.07, 6.45) is 0. The maximum absolute atomic E-state index is 12.8. The van der Waals surface area contributed by atoms with E-state index in [1.54, 1.807) is 24.0 Å². The van der Waals surface area contributed by atoms with Gasteiger partial charge in [0.05, 0.1) is 18.7 Å². The summed E-state index contributed by atoms with van der Waals surface area (Å²) in [5.41, 5.74) is 0.576. The Balaban J connectivity index is 1.51. The summed E-state index contributed by atoms with van der Waals surface area (Å²) in [4.78, 5) is 28.7. The van der Waals surface area contributed by atoms with Crippen molar-refractivity contribution in [2.24, 2.45) is 0 Å². The molecule has 2 heterocycles. The third-order valence-corrected chi connectivity index (χ3v) is 4.34. The van der Waals surface area contributed by atoms with E-state index in [9.17, 15) is 9.59 Å². The molecular formula is C19H24N4O4. The zero-order chi connectivity index (χ0) is 19.2. The van der Waals surface area contributed by atoms with Gasteiger partial charge < -0.3 is 19.5 Å². The lowest BCUT2D eigenvalue weighted by Gasteiger charge is -2.34. The van der Waals surface area contributed by atoms with Gasteiger partial charge in [-0.05, 0) is 26.0 Å². The van der Waals surface area contributed by atoms with Crippen molar-refractivity contribution in [3.63, 3.8) is 0 Å². The standard InChI is InChI=1S/C19H24N4O4/c1-3-26-16-7-5-4-6-15(16)19(25)23-10-8-22(9-11-23)13-18(24)20-17-12-14(2)27-21-17/h4-7,12H,3,8-11,13H2,1-2H3,(H,20,21,24). The molecule has 0 saturated carbocycles. The van der Waals surface area contributed by atoms with E-state index in [-0.39, 0.29) is 18.4 Å². The van der Waals surface area contributed by atoms with Crippen molar-refractivity contribution in [1.82, 2.24) is 15.0 Å². The van der Waals surface area contributed by atoms with Crippen LogP contribution < -0.4 is 10.1 Å². The first-order valence-electron chi connectivity index (χ1n) is 9.03. The molecule has 2 amide bonds. The normalized spacial score (nSPS) is 14.8. The highest BCUT2D eigenvalue weighted by atomic mass is 16.5. The Morgan fingerprint density at radius 1 is 1.22 bits per heavy atom. The zero-order valence-electron chi connectivity index (χ0n) is 15.6. The fourth-order valence-electron chi connectivity index (χ4n) is 3.01. The van der Waals surface area contributed by atoms with Crippen LogP contribution in [0.1, 0.15) is 23.0 Å². The first-order chi connectivity index (χ1) is 13.1. The Kier molecular flexibility index (Phi) is 6.08. The lowest BCUT2D eigenvalue weighted by atomic mass is 10.1. The van der Waals surface area contributed by atoms with Gasteiger partial charge in [0, 0.05) is 32.2 Å². The van der Waals surface area contributed by atoms with Gasteiger partial charge >= 0.3 is 0 Å². The quantitative estimate of drug-likeness (QED) is 0.832. The first kappa shape index (κ1) is 18.9. The Morgan fingerprint density at radius 2 is 1.96 bits per heavy atom. The summed E-state index contributed by atoms with van der Waals surface area (Å²) in [5, 5.41) is 6.46. The Bertz CT molecular complexity index is 797. The fraction of sp³-hybridized carbons (Fsp3) is 0.421. The second-order valence-electron chi connectivity index (χ2n) is 6.37. The number of piperazine rings is 1. The van der Waals surface area contributed by atoms with Crippen LogP contribution in [0.3, 0.4) is 0 Å². The van der Waals surface area contributed by atoms with Gasteiger partial charge in [0.25, 0.3) is 5.91 Å². The van der Waals surface area contributed by atoms with E-state index in [1.165, 1.54) is 0 Å². The number of rotatable bonds is 6. The molecule has 2 aromatic rings. The van der Waals surface area contributed by atoms with Crippen LogP contribution in [-0.2, 0) is 4.79 Å². The molecule has 1 aromatic heterocycles. The third kappa shape index (κ3) is 4.85. The molecule has 1 aliphatic rings. The molecule has 1 fully saturated rings. The Morgan fingerprint density at radius 3 is 2.63 bits per heavy atom. The summed E-state index contributed by atoms with van der Waals surface area (Å²) in [7, 11) is 0. The van der Waals surface area contributed by atoms with E-state index < -0.39 is 0 Å². The highest BCUT2D eigenvalue weighted by molar-refractivity contribution is 5.97. The molecule has 8 heteroatoms. The van der Waals surface area contributed by atoms with Gasteiger partial charge in [0.1, 0.15) is 11.5 Å². The lowest BCUT2D eigenvalue weighted by molar-refractivity contribution is -0.117. The average molecular weight is 372 g/mol. The van der Waals surface area contributed by atoms with E-state index in [2.05, 4.69) is 10.5 Å². The summed E-state index contributed by atoms with van der Waals surface area (Å²) in [6.45, 7) is 6.82. The van der Waals surface area contributed by atoms with Crippen molar-refractivity contribution in [3.05, 3.63) is 41.7 Å². The predicted molar refractivity (Wildman–Crippen MR) is 99.8 cm³/mol. The molecule has 0 aliphatic carbocycles. The molecule has 0 bridgehead atoms. The first-order valence-corrected chi connectivity index (χ1v) is 9.03. The monoisotopic (exact) mass is 372 g/mol. The number of benzene rings is 1. The van der Waals surface area contributed by atoms with Crippen LogP contribution in [0.25, 0.3) is 0 Å². The zero-order valence-corrected chi connectivity index (χ0v) is 15.6. The number of hydrogen-bond donors (Lipinski definition) is 1. The highest BCUT2D eigenvalue weighted by Gasteiger charge is 2.25. The van der Waals surface area contributed by atoms with E-state index in [0.29, 0.717) is 55.7 Å². The maximum Gasteiger partial charge on any atom is 0.257 e. The maximum atomic E-state index is 12.8. The number of ether oxygens (including phenoxy) is 1. The minimum atomic E-state index is -0.148. The van der Waals surface area contributed by atoms with Crippen LogP contribution >= 0.6 is 0 Å². The van der Waals surface area contributed by atoms with Crippen molar-refractivity contribution >= 4 is 17.6 Å². The number of para-hydroxylation sites is 1. The number of hydrogen-bond acceptors (Lipinski definition) is 6. The number of carbonyl (C=O) groups is 2. The number of anilines is 1. The second kappa shape index (κ2) is 8.68. The number of aromatic nitrogens is 1. The fourth-order valence-corrected chi connectivity index (χ4v) is 3.01. The molecule has 3 rings (SSSR count). The van der Waals surface area contributed by atoms with E-state index in [1.807, 2.05) is 30.0 Å². The minimum Gasteiger partial charge on any atom is -0.493 e. The Labute approximate surface area is 158 Å². The third-order valence-electron chi connectivity index (χ3n) is 4.34. The van der Waals surface area contributed by atoms with E-state index in [4.69, 9.17) is 9.26 Å². The molecule has 1 aliphatic heterocycles. The van der Waals surface area contributed by atoms with Crippen LogP contribution in [0.15, 0.2) is 34.9 Å². The van der Waals surface area contributed by atoms with Gasteiger partial charge in [0.15, 0.2) is 5.82 Å². The molecule has 1 aromatic carbocycles. The average Bonchev–Trinajstić information content (AvgIpc) is 3.07. The van der Waals surface area contributed by atoms with Crippen LogP contribution in [0.5, 0.6) is 5.75 Å². The second-order valence-corrected chi connectivity index (χ2v) is 6.37. The molecule has 27 heavy (non-hydrogen) atoms. The minimum absolute atomic E-state index is 0.0405. The SMILES string of the molecule is CCOc1ccccc1C(=O)N1CCN(CC(=O)Nc2cc(C)on2)CC1. The lowest BCUT2D eigenvalue weighted by Crippen LogP contribution is -2.50. The van der Waals surface area contributed by atoms with Gasteiger partial charge in [-0.2, -0.15) is 0 Å². The van der Waals surface area contributed by atoms with Crippen molar-refractivity contribution in [3.8, 4) is 5.75 Å². The van der Waals surface area contributed by atoms with Gasteiger partial charge in [-0.15, -0.1) is 0 Å². The van der Waals surface area contributed by atoms with Gasteiger partial charge in [-0.1, -0.05) is 17.3 Å². The number of nitrogens with one attached hydrogen (secondary N) is 1. The predicted octanol–water partition coefficient (Wildman–Crippen LogP) is 1.78. The molecule has 0 radical (unpaired) electrons. The van der Waals surface area contributed by atoms with Crippen LogP contribution in [0.2, 0.25) is 0 Å². The highest BCUT2D eigenvalue weighted by Crippen LogP contribution is 2.20. The summed E-state index contributed by atoms with van der Waals surface area (Å²) < 4.78 is 10.5. The molecule has 1 N–H and O–H groups in total. The number of amides is 2. The van der Waals surface area contributed by atoms with Crippen molar-refractivity contribution < 1.29 is 18.8 Å². The number of carbonyl (C=O) groups excluding carboxylic acids is 2. The molecule has 1 saturated heterocycles. The molecule has 8 nitrogen and oxygen atoms in total. The summed E-state index contributed by atoms with van der Waals surface area (Å²) >= 11 is 0. The van der Waals surface area contributed by atoms with Crippen LogP contribution in [-0.4, -0.2) is 66.1 Å². The van der Waals surface area contributed by atoms with Crippen molar-refractivity contribution in [1.29, 1.82) is 0 Å². The Hall–Kier alpha value is -2.87. The summed E-state index contributed by atoms with van der Waals surface area (Å²) in [6, 6.07) is 8.96. The van der Waals surface area contributed by atoms with E-state index >= 15 is 0 Å². The molecular weight excluding hydrogens is 348 g/mol. The van der Waals surface area contributed by atoms with Gasteiger partial charge in [-0.3, -0.25) is 14.5 Å². The molecule has 0 spiro atoms. The number of nitrogens with zero attached hydrogens (tertiary/aromatic N) is 3. The number of aryl methyl sites for hydroxylation is 1. The van der Waals surface area contributed by atoms with Crippen molar-refractivity contribution in [2.45, 2.75) is 13.8 Å².